The summed E-state index contributed by atoms with van der Waals surface area (Å²) in [6.45, 7) is 3.04. The second kappa shape index (κ2) is 7.14. The van der Waals surface area contributed by atoms with Crippen molar-refractivity contribution in [2.75, 3.05) is 7.11 Å². The molecular formula is C21H19N5O3. The molecule has 1 aliphatic rings. The van der Waals surface area contributed by atoms with Crippen molar-refractivity contribution in [3.8, 4) is 28.7 Å². The lowest BCUT2D eigenvalue weighted by Gasteiger charge is -2.24. The fourth-order valence-corrected chi connectivity index (χ4v) is 3.36. The number of hydrogen-bond donors (Lipinski definition) is 0. The number of nitrogens with zero attached hydrogens (tertiary/aromatic N) is 5. The van der Waals surface area contributed by atoms with E-state index in [9.17, 15) is 0 Å². The zero-order valence-electron chi connectivity index (χ0n) is 16.1. The third-order valence-corrected chi connectivity index (χ3v) is 5.00. The van der Waals surface area contributed by atoms with Crippen LogP contribution in [0.3, 0.4) is 0 Å². The Bertz CT molecular complexity index is 1150. The molecule has 0 N–H and O–H groups in total. The molecule has 0 aliphatic carbocycles. The number of aryl methyl sites for hydroxylation is 1. The molecule has 8 heteroatoms. The highest BCUT2D eigenvalue weighted by Gasteiger charge is 2.27. The lowest BCUT2D eigenvalue weighted by Crippen LogP contribution is -2.22. The first-order valence-electron chi connectivity index (χ1n) is 9.30. The summed E-state index contributed by atoms with van der Waals surface area (Å²) in [5.41, 5.74) is 4.53. The quantitative estimate of drug-likeness (QED) is 0.527. The molecule has 0 saturated carbocycles. The highest BCUT2D eigenvalue weighted by Crippen LogP contribution is 2.31. The minimum Gasteiger partial charge on any atom is -0.497 e. The van der Waals surface area contributed by atoms with Crippen LogP contribution in [0.4, 0.5) is 0 Å². The standard InChI is InChI=1S/C21H19N5O3/c1-13-6-8-14(9-7-13)18-11-26-17(12-28-18)19(23-25-26)20-22-21(29-24-20)15-4-3-5-16(10-15)27-2/h3-10,18H,11-12H2,1-2H3/t18-/m0/s1. The van der Waals surface area contributed by atoms with Crippen LogP contribution in [0.25, 0.3) is 23.0 Å². The van der Waals surface area contributed by atoms with Crippen LogP contribution in [-0.2, 0) is 17.9 Å². The minimum absolute atomic E-state index is 0.0599. The first-order chi connectivity index (χ1) is 14.2. The van der Waals surface area contributed by atoms with Gasteiger partial charge in [-0.3, -0.25) is 0 Å². The highest BCUT2D eigenvalue weighted by molar-refractivity contribution is 5.60. The maximum Gasteiger partial charge on any atom is 0.258 e. The zero-order chi connectivity index (χ0) is 19.8. The number of hydrogen-bond acceptors (Lipinski definition) is 7. The Labute approximate surface area is 167 Å². The fourth-order valence-electron chi connectivity index (χ4n) is 3.36. The number of rotatable bonds is 4. The molecule has 0 bridgehead atoms. The average Bonchev–Trinajstić information content (AvgIpc) is 3.41. The van der Waals surface area contributed by atoms with Gasteiger partial charge in [0.15, 0.2) is 5.69 Å². The Balaban J connectivity index is 1.40. The SMILES string of the molecule is COc1cccc(-c2nc(-c3nnn4c3CO[C@H](c3ccc(C)cc3)C4)no2)c1. The van der Waals surface area contributed by atoms with E-state index >= 15 is 0 Å². The van der Waals surface area contributed by atoms with Crippen LogP contribution in [0.2, 0.25) is 0 Å². The summed E-state index contributed by atoms with van der Waals surface area (Å²) in [4.78, 5) is 4.49. The zero-order valence-corrected chi connectivity index (χ0v) is 16.1. The molecule has 2 aromatic heterocycles. The van der Waals surface area contributed by atoms with Crippen molar-refractivity contribution in [1.29, 1.82) is 0 Å². The predicted molar refractivity (Wildman–Crippen MR) is 104 cm³/mol. The van der Waals surface area contributed by atoms with Gasteiger partial charge in [-0.25, -0.2) is 4.68 Å². The van der Waals surface area contributed by atoms with E-state index in [4.69, 9.17) is 14.0 Å². The monoisotopic (exact) mass is 389 g/mol. The van der Waals surface area contributed by atoms with E-state index in [1.54, 1.807) is 7.11 Å². The molecule has 29 heavy (non-hydrogen) atoms. The lowest BCUT2D eigenvalue weighted by molar-refractivity contribution is -0.00112. The molecule has 1 atom stereocenters. The summed E-state index contributed by atoms with van der Waals surface area (Å²) in [6.07, 6.45) is -0.0599. The Morgan fingerprint density at radius 3 is 2.83 bits per heavy atom. The normalized spacial score (nSPS) is 15.9. The minimum atomic E-state index is -0.0599. The average molecular weight is 389 g/mol. The second-order valence-electron chi connectivity index (χ2n) is 6.93. The van der Waals surface area contributed by atoms with Crippen molar-refractivity contribution < 1.29 is 14.0 Å². The molecule has 5 rings (SSSR count). The molecule has 146 valence electrons. The van der Waals surface area contributed by atoms with Gasteiger partial charge in [0.2, 0.25) is 5.82 Å². The molecule has 0 spiro atoms. The van der Waals surface area contributed by atoms with Gasteiger partial charge in [0.25, 0.3) is 5.89 Å². The summed E-state index contributed by atoms with van der Waals surface area (Å²) in [5, 5.41) is 12.6. The van der Waals surface area contributed by atoms with E-state index in [1.165, 1.54) is 5.56 Å². The van der Waals surface area contributed by atoms with Crippen LogP contribution in [0.5, 0.6) is 5.75 Å². The third-order valence-electron chi connectivity index (χ3n) is 5.00. The number of benzene rings is 2. The van der Waals surface area contributed by atoms with E-state index in [1.807, 2.05) is 28.9 Å². The van der Waals surface area contributed by atoms with E-state index in [0.717, 1.165) is 22.6 Å². The van der Waals surface area contributed by atoms with Crippen LogP contribution in [-0.4, -0.2) is 32.2 Å². The van der Waals surface area contributed by atoms with Gasteiger partial charge in [0, 0.05) is 5.56 Å². The van der Waals surface area contributed by atoms with Gasteiger partial charge in [-0.1, -0.05) is 46.3 Å². The van der Waals surface area contributed by atoms with Crippen molar-refractivity contribution in [2.24, 2.45) is 0 Å². The van der Waals surface area contributed by atoms with Gasteiger partial charge in [0.05, 0.1) is 26.0 Å². The molecule has 3 heterocycles. The maximum atomic E-state index is 6.07. The maximum absolute atomic E-state index is 6.07. The van der Waals surface area contributed by atoms with E-state index in [2.05, 4.69) is 51.6 Å². The number of methoxy groups -OCH3 is 1. The lowest BCUT2D eigenvalue weighted by atomic mass is 10.1. The summed E-state index contributed by atoms with van der Waals surface area (Å²) >= 11 is 0. The van der Waals surface area contributed by atoms with Gasteiger partial charge in [-0.05, 0) is 30.7 Å². The van der Waals surface area contributed by atoms with Gasteiger partial charge in [-0.15, -0.1) is 5.10 Å². The van der Waals surface area contributed by atoms with Crippen molar-refractivity contribution in [3.63, 3.8) is 0 Å². The fraction of sp³-hybridized carbons (Fsp3) is 0.238. The molecule has 1 aliphatic heterocycles. The molecule has 0 radical (unpaired) electrons. The molecule has 0 unspecified atom stereocenters. The van der Waals surface area contributed by atoms with Crippen LogP contribution in [0.15, 0.2) is 53.1 Å². The summed E-state index contributed by atoms with van der Waals surface area (Å²) in [5.74, 6) is 1.51. The van der Waals surface area contributed by atoms with E-state index < -0.39 is 0 Å². The van der Waals surface area contributed by atoms with Crippen molar-refractivity contribution >= 4 is 0 Å². The number of aromatic nitrogens is 5. The van der Waals surface area contributed by atoms with Crippen LogP contribution >= 0.6 is 0 Å². The van der Waals surface area contributed by atoms with Crippen molar-refractivity contribution in [1.82, 2.24) is 25.1 Å². The van der Waals surface area contributed by atoms with Gasteiger partial charge in [-0.2, -0.15) is 4.98 Å². The summed E-state index contributed by atoms with van der Waals surface area (Å²) in [6, 6.07) is 15.8. The number of ether oxygens (including phenoxy) is 2. The molecule has 4 aromatic rings. The highest BCUT2D eigenvalue weighted by atomic mass is 16.5. The molecule has 8 nitrogen and oxygen atoms in total. The van der Waals surface area contributed by atoms with Gasteiger partial charge >= 0.3 is 0 Å². The predicted octanol–water partition coefficient (Wildman–Crippen LogP) is 3.58. The second-order valence-corrected chi connectivity index (χ2v) is 6.93. The number of fused-ring (bicyclic) bond motifs is 1. The van der Waals surface area contributed by atoms with Crippen molar-refractivity contribution in [2.45, 2.75) is 26.2 Å². The van der Waals surface area contributed by atoms with E-state index in [-0.39, 0.29) is 6.10 Å². The molecule has 0 amide bonds. The topological polar surface area (TPSA) is 88.1 Å². The molecular weight excluding hydrogens is 370 g/mol. The largest absolute Gasteiger partial charge is 0.497 e. The first kappa shape index (κ1) is 17.6. The molecule has 2 aromatic carbocycles. The molecule has 0 saturated heterocycles. The van der Waals surface area contributed by atoms with Gasteiger partial charge < -0.3 is 14.0 Å². The summed E-state index contributed by atoms with van der Waals surface area (Å²) in [7, 11) is 1.62. The smallest absolute Gasteiger partial charge is 0.258 e. The third kappa shape index (κ3) is 3.27. The van der Waals surface area contributed by atoms with Gasteiger partial charge in [0.1, 0.15) is 11.9 Å². The van der Waals surface area contributed by atoms with Crippen LogP contribution in [0.1, 0.15) is 22.9 Å². The Kier molecular flexibility index (Phi) is 4.33. The van der Waals surface area contributed by atoms with Crippen LogP contribution in [0, 0.1) is 6.92 Å². The van der Waals surface area contributed by atoms with Crippen LogP contribution < -0.4 is 4.74 Å². The summed E-state index contributed by atoms with van der Waals surface area (Å²) < 4.78 is 18.6. The Hall–Kier alpha value is -3.52. The first-order valence-corrected chi connectivity index (χ1v) is 9.30. The Morgan fingerprint density at radius 2 is 2.00 bits per heavy atom. The van der Waals surface area contributed by atoms with E-state index in [0.29, 0.717) is 30.6 Å². The Morgan fingerprint density at radius 1 is 1.14 bits per heavy atom. The van der Waals surface area contributed by atoms with Crippen molar-refractivity contribution in [3.05, 3.63) is 65.4 Å². The molecule has 0 fully saturated rings.